The van der Waals surface area contributed by atoms with E-state index in [4.69, 9.17) is 4.74 Å². The van der Waals surface area contributed by atoms with E-state index in [-0.39, 0.29) is 24.0 Å². The molecule has 0 unspecified atom stereocenters. The molecule has 3 aromatic rings. The Balaban J connectivity index is 2.03. The number of aromatic nitrogens is 2. The topological polar surface area (TPSA) is 44.1 Å². The molecule has 7 heteroatoms. The average Bonchev–Trinajstić information content (AvgIpc) is 2.98. The van der Waals surface area contributed by atoms with Crippen LogP contribution in [0.25, 0.3) is 22.5 Å². The summed E-state index contributed by atoms with van der Waals surface area (Å²) in [4.78, 5) is 11.7. The average molecular weight is 435 g/mol. The van der Waals surface area contributed by atoms with E-state index in [0.29, 0.717) is 29.0 Å². The Labute approximate surface area is 163 Å². The first kappa shape index (κ1) is 19.2. The molecule has 27 heavy (non-hydrogen) atoms. The van der Waals surface area contributed by atoms with Gasteiger partial charge >= 0.3 is 5.97 Å². The maximum atomic E-state index is 13.3. The predicted molar refractivity (Wildman–Crippen MR) is 102 cm³/mol. The molecular formula is C20H17BrF2N2O2. The van der Waals surface area contributed by atoms with Crippen molar-refractivity contribution in [1.29, 1.82) is 0 Å². The summed E-state index contributed by atoms with van der Waals surface area (Å²) in [6.45, 7) is 2.36. The maximum Gasteiger partial charge on any atom is 0.307 e. The lowest BCUT2D eigenvalue weighted by atomic mass is 10.1. The molecule has 0 radical (unpaired) electrons. The Morgan fingerprint density at radius 3 is 2.15 bits per heavy atom. The number of carbonyl (C=O) groups excluding carboxylic acids is 1. The molecule has 0 aliphatic rings. The number of rotatable bonds is 6. The summed E-state index contributed by atoms with van der Waals surface area (Å²) in [6.07, 6.45) is 0.152. The lowest BCUT2D eigenvalue weighted by Gasteiger charge is -2.08. The summed E-state index contributed by atoms with van der Waals surface area (Å²) in [5.74, 6) is -1.00. The fourth-order valence-corrected chi connectivity index (χ4v) is 3.45. The van der Waals surface area contributed by atoms with Gasteiger partial charge in [-0.3, -0.25) is 9.48 Å². The Morgan fingerprint density at radius 1 is 1.04 bits per heavy atom. The lowest BCUT2D eigenvalue weighted by Crippen LogP contribution is -2.10. The van der Waals surface area contributed by atoms with Gasteiger partial charge in [-0.25, -0.2) is 8.78 Å². The summed E-state index contributed by atoms with van der Waals surface area (Å²) in [6, 6.07) is 12.0. The van der Waals surface area contributed by atoms with E-state index >= 15 is 0 Å². The first-order valence-electron chi connectivity index (χ1n) is 8.43. The molecule has 0 atom stereocenters. The number of benzene rings is 2. The van der Waals surface area contributed by atoms with Crippen molar-refractivity contribution in [3.05, 3.63) is 64.6 Å². The van der Waals surface area contributed by atoms with Crippen molar-refractivity contribution >= 4 is 21.9 Å². The first-order chi connectivity index (χ1) is 13.0. The summed E-state index contributed by atoms with van der Waals surface area (Å²) < 4.78 is 33.9. The third-order valence-electron chi connectivity index (χ3n) is 3.96. The van der Waals surface area contributed by atoms with E-state index in [0.717, 1.165) is 11.1 Å². The highest BCUT2D eigenvalue weighted by Gasteiger charge is 2.19. The van der Waals surface area contributed by atoms with Crippen molar-refractivity contribution < 1.29 is 18.3 Å². The molecule has 0 saturated carbocycles. The zero-order valence-electron chi connectivity index (χ0n) is 14.6. The first-order valence-corrected chi connectivity index (χ1v) is 9.22. The standard InChI is InChI=1S/C20H17BrF2N2O2/c1-2-27-17(26)11-12-25-20(14-5-9-16(23)10-6-14)18(21)19(24-25)13-3-7-15(22)8-4-13/h3-10H,2,11-12H2,1H3. The number of halogens is 3. The van der Waals surface area contributed by atoms with Crippen molar-refractivity contribution in [2.24, 2.45) is 0 Å². The molecule has 0 fully saturated rings. The second-order valence-corrected chi connectivity index (χ2v) is 6.60. The van der Waals surface area contributed by atoms with Gasteiger partial charge in [-0.2, -0.15) is 5.10 Å². The molecule has 0 spiro atoms. The van der Waals surface area contributed by atoms with Crippen LogP contribution in [0.5, 0.6) is 0 Å². The summed E-state index contributed by atoms with van der Waals surface area (Å²) in [7, 11) is 0. The van der Waals surface area contributed by atoms with Gasteiger partial charge in [0, 0.05) is 11.1 Å². The van der Waals surface area contributed by atoms with Gasteiger partial charge in [0.15, 0.2) is 0 Å². The van der Waals surface area contributed by atoms with Gasteiger partial charge in [-0.15, -0.1) is 0 Å². The largest absolute Gasteiger partial charge is 0.466 e. The number of esters is 1. The van der Waals surface area contributed by atoms with Crippen LogP contribution in [0.15, 0.2) is 53.0 Å². The Bertz CT molecular complexity index is 938. The second kappa shape index (κ2) is 8.43. The highest BCUT2D eigenvalue weighted by Crippen LogP contribution is 2.37. The zero-order valence-corrected chi connectivity index (χ0v) is 16.2. The van der Waals surface area contributed by atoms with Crippen molar-refractivity contribution in [2.45, 2.75) is 19.9 Å². The highest BCUT2D eigenvalue weighted by atomic mass is 79.9. The van der Waals surface area contributed by atoms with Crippen LogP contribution in [0.1, 0.15) is 13.3 Å². The van der Waals surface area contributed by atoms with E-state index in [9.17, 15) is 13.6 Å². The van der Waals surface area contributed by atoms with E-state index < -0.39 is 0 Å². The number of nitrogens with zero attached hydrogens (tertiary/aromatic N) is 2. The molecule has 0 amide bonds. The number of aryl methyl sites for hydroxylation is 1. The van der Waals surface area contributed by atoms with Crippen LogP contribution in [0.2, 0.25) is 0 Å². The van der Waals surface area contributed by atoms with Crippen LogP contribution in [-0.2, 0) is 16.1 Å². The second-order valence-electron chi connectivity index (χ2n) is 5.80. The zero-order chi connectivity index (χ0) is 19.4. The molecule has 1 heterocycles. The number of hydrogen-bond donors (Lipinski definition) is 0. The van der Waals surface area contributed by atoms with Crippen LogP contribution in [0.4, 0.5) is 8.78 Å². The lowest BCUT2D eigenvalue weighted by molar-refractivity contribution is -0.143. The highest BCUT2D eigenvalue weighted by molar-refractivity contribution is 9.10. The Hall–Kier alpha value is -2.54. The Kier molecular flexibility index (Phi) is 6.01. The third-order valence-corrected chi connectivity index (χ3v) is 4.71. The molecule has 0 bridgehead atoms. The van der Waals surface area contributed by atoms with Gasteiger partial charge in [-0.05, 0) is 71.4 Å². The van der Waals surface area contributed by atoms with Crippen LogP contribution in [0, 0.1) is 11.6 Å². The molecule has 0 aliphatic heterocycles. The van der Waals surface area contributed by atoms with Crippen LogP contribution in [-0.4, -0.2) is 22.4 Å². The summed E-state index contributed by atoms with van der Waals surface area (Å²) in [5, 5.41) is 4.59. The van der Waals surface area contributed by atoms with E-state index in [1.54, 1.807) is 35.9 Å². The molecule has 140 valence electrons. The minimum absolute atomic E-state index is 0.152. The quantitative estimate of drug-likeness (QED) is 0.500. The molecule has 0 N–H and O–H groups in total. The molecule has 2 aromatic carbocycles. The predicted octanol–water partition coefficient (Wildman–Crippen LogP) is 5.21. The van der Waals surface area contributed by atoms with Crippen LogP contribution < -0.4 is 0 Å². The monoisotopic (exact) mass is 434 g/mol. The number of carbonyl (C=O) groups is 1. The van der Waals surface area contributed by atoms with E-state index in [1.807, 2.05) is 0 Å². The van der Waals surface area contributed by atoms with Crippen LogP contribution >= 0.6 is 15.9 Å². The van der Waals surface area contributed by atoms with E-state index in [1.165, 1.54) is 24.3 Å². The van der Waals surface area contributed by atoms with Crippen molar-refractivity contribution in [1.82, 2.24) is 9.78 Å². The van der Waals surface area contributed by atoms with Gasteiger partial charge in [0.1, 0.15) is 17.3 Å². The molecule has 0 aliphatic carbocycles. The summed E-state index contributed by atoms with van der Waals surface area (Å²) in [5.41, 5.74) is 2.78. The Morgan fingerprint density at radius 2 is 1.59 bits per heavy atom. The molecule has 1 aromatic heterocycles. The SMILES string of the molecule is CCOC(=O)CCn1nc(-c2ccc(F)cc2)c(Br)c1-c1ccc(F)cc1. The molecule has 3 rings (SSSR count). The number of ether oxygens (including phenoxy) is 1. The third kappa shape index (κ3) is 4.42. The summed E-state index contributed by atoms with van der Waals surface area (Å²) >= 11 is 3.56. The fourth-order valence-electron chi connectivity index (χ4n) is 2.71. The van der Waals surface area contributed by atoms with Gasteiger partial charge in [0.05, 0.1) is 29.7 Å². The van der Waals surface area contributed by atoms with Crippen molar-refractivity contribution in [3.63, 3.8) is 0 Å². The van der Waals surface area contributed by atoms with Gasteiger partial charge in [-0.1, -0.05) is 0 Å². The maximum absolute atomic E-state index is 13.3. The number of hydrogen-bond acceptors (Lipinski definition) is 3. The minimum atomic E-state index is -0.341. The smallest absolute Gasteiger partial charge is 0.307 e. The van der Waals surface area contributed by atoms with Crippen molar-refractivity contribution in [2.75, 3.05) is 6.61 Å². The van der Waals surface area contributed by atoms with Crippen LogP contribution in [0.3, 0.4) is 0 Å². The van der Waals surface area contributed by atoms with Gasteiger partial charge in [0.25, 0.3) is 0 Å². The van der Waals surface area contributed by atoms with Gasteiger partial charge in [0.2, 0.25) is 0 Å². The van der Waals surface area contributed by atoms with Crippen molar-refractivity contribution in [3.8, 4) is 22.5 Å². The van der Waals surface area contributed by atoms with E-state index in [2.05, 4.69) is 21.0 Å². The molecular weight excluding hydrogens is 418 g/mol. The minimum Gasteiger partial charge on any atom is -0.466 e. The fraction of sp³-hybridized carbons (Fsp3) is 0.200. The van der Waals surface area contributed by atoms with Gasteiger partial charge < -0.3 is 4.74 Å². The molecule has 0 saturated heterocycles. The normalized spacial score (nSPS) is 10.8. The molecule has 4 nitrogen and oxygen atoms in total.